The monoisotopic (exact) mass is 562 g/mol. The van der Waals surface area contributed by atoms with Crippen molar-refractivity contribution < 1.29 is 21.6 Å². The van der Waals surface area contributed by atoms with E-state index in [9.17, 15) is 26.4 Å². The summed E-state index contributed by atoms with van der Waals surface area (Å²) in [7, 11) is -0.470. The maximum atomic E-state index is 14.1. The second kappa shape index (κ2) is 9.94. The van der Waals surface area contributed by atoms with Gasteiger partial charge in [-0.05, 0) is 55.0 Å². The van der Waals surface area contributed by atoms with Gasteiger partial charge in [0.2, 0.25) is 10.0 Å². The molecule has 1 aromatic carbocycles. The fourth-order valence-corrected chi connectivity index (χ4v) is 5.95. The molecule has 0 radical (unpaired) electrons. The maximum Gasteiger partial charge on any atom is 0.418 e. The highest BCUT2D eigenvalue weighted by Crippen LogP contribution is 2.43. The Bertz CT molecular complexity index is 1680. The van der Waals surface area contributed by atoms with Gasteiger partial charge in [-0.3, -0.25) is 8.97 Å². The molecule has 3 aromatic heterocycles. The lowest BCUT2D eigenvalue weighted by atomic mass is 9.72. The summed E-state index contributed by atoms with van der Waals surface area (Å²) in [6.45, 7) is 1.15. The van der Waals surface area contributed by atoms with Crippen molar-refractivity contribution in [1.29, 1.82) is 0 Å². The molecular weight excluding hydrogens is 533 g/mol. The van der Waals surface area contributed by atoms with Crippen molar-refractivity contribution in [3.63, 3.8) is 0 Å². The Morgan fingerprint density at radius 1 is 1.18 bits per heavy atom. The Labute approximate surface area is 223 Å². The third-order valence-corrected chi connectivity index (χ3v) is 9.34. The fourth-order valence-electron chi connectivity index (χ4n) is 5.17. The zero-order valence-corrected chi connectivity index (χ0v) is 22.6. The smallest absolute Gasteiger partial charge is 0.320 e. The first kappa shape index (κ1) is 27.1. The molecule has 39 heavy (non-hydrogen) atoms. The summed E-state index contributed by atoms with van der Waals surface area (Å²) in [5.74, 6) is 0.887. The maximum absolute atomic E-state index is 14.1. The summed E-state index contributed by atoms with van der Waals surface area (Å²) >= 11 is 0. The molecule has 1 saturated carbocycles. The molecule has 13 heteroatoms. The molecular formula is C26H29F3N6O3S. The molecule has 0 spiro atoms. The molecule has 1 fully saturated rings. The Morgan fingerprint density at radius 3 is 2.51 bits per heavy atom. The second-order valence-corrected chi connectivity index (χ2v) is 12.4. The van der Waals surface area contributed by atoms with Gasteiger partial charge in [-0.1, -0.05) is 18.6 Å². The number of alkyl halides is 3. The minimum Gasteiger partial charge on any atom is -0.320 e. The van der Waals surface area contributed by atoms with Crippen LogP contribution >= 0.6 is 0 Å². The van der Waals surface area contributed by atoms with Gasteiger partial charge < -0.3 is 4.57 Å². The number of benzene rings is 1. The van der Waals surface area contributed by atoms with Crippen LogP contribution in [-0.2, 0) is 29.8 Å². The first-order valence-corrected chi connectivity index (χ1v) is 14.2. The Morgan fingerprint density at radius 2 is 1.92 bits per heavy atom. The molecule has 208 valence electrons. The summed E-state index contributed by atoms with van der Waals surface area (Å²) in [5, 5.41) is 8.33. The Balaban J connectivity index is 1.62. The van der Waals surface area contributed by atoms with Gasteiger partial charge in [0.15, 0.2) is 0 Å². The molecule has 0 amide bonds. The number of aryl methyl sites for hydroxylation is 1. The molecule has 0 unspecified atom stereocenters. The van der Waals surface area contributed by atoms with E-state index in [1.807, 2.05) is 23.7 Å². The summed E-state index contributed by atoms with van der Waals surface area (Å²) < 4.78 is 71.7. The minimum absolute atomic E-state index is 0.0512. The first-order chi connectivity index (χ1) is 18.4. The second-order valence-electron chi connectivity index (χ2n) is 10.0. The standard InChI is InChI=1S/C26H29F3N6O3S/c1-4-39(37,38)33(3)13-17-11-21(26(27,28)29)22-15-34(25(36)35(22)14-17)20-10-6-9-19(12-20)23(18-7-5-8-18)24-31-30-16-32(24)2/h6,9-12,14-16,18,23H,4-5,7-8,13H2,1-3H3/t23-/m1/s1. The van der Waals surface area contributed by atoms with Gasteiger partial charge in [0.1, 0.15) is 12.2 Å². The molecule has 3 heterocycles. The number of sulfonamides is 1. The largest absolute Gasteiger partial charge is 0.418 e. The number of imidazole rings is 1. The first-order valence-electron chi connectivity index (χ1n) is 12.6. The van der Waals surface area contributed by atoms with Crippen LogP contribution < -0.4 is 5.69 Å². The number of hydrogen-bond acceptors (Lipinski definition) is 5. The van der Waals surface area contributed by atoms with Gasteiger partial charge in [-0.25, -0.2) is 17.5 Å². The Kier molecular flexibility index (Phi) is 6.91. The van der Waals surface area contributed by atoms with E-state index in [0.717, 1.165) is 45.4 Å². The molecule has 0 N–H and O–H groups in total. The molecule has 0 aliphatic heterocycles. The summed E-state index contributed by atoms with van der Waals surface area (Å²) in [5.41, 5.74) is -0.636. The normalized spacial score (nSPS) is 15.7. The summed E-state index contributed by atoms with van der Waals surface area (Å²) in [4.78, 5) is 13.5. The van der Waals surface area contributed by atoms with Crippen LogP contribution in [0.25, 0.3) is 11.2 Å². The van der Waals surface area contributed by atoms with Gasteiger partial charge in [0.05, 0.1) is 22.5 Å². The van der Waals surface area contributed by atoms with E-state index in [2.05, 4.69) is 10.2 Å². The van der Waals surface area contributed by atoms with E-state index < -0.39 is 27.5 Å². The number of rotatable bonds is 8. The van der Waals surface area contributed by atoms with Crippen LogP contribution in [0.4, 0.5) is 13.2 Å². The predicted molar refractivity (Wildman–Crippen MR) is 139 cm³/mol. The summed E-state index contributed by atoms with van der Waals surface area (Å²) in [6, 6.07) is 8.11. The number of aromatic nitrogens is 5. The lowest BCUT2D eigenvalue weighted by Gasteiger charge is -2.33. The number of pyridine rings is 1. The average Bonchev–Trinajstić information content (AvgIpc) is 3.43. The van der Waals surface area contributed by atoms with Crippen molar-refractivity contribution in [1.82, 2.24) is 28.0 Å². The van der Waals surface area contributed by atoms with Crippen molar-refractivity contribution in [2.24, 2.45) is 13.0 Å². The number of hydrogen-bond donors (Lipinski definition) is 0. The van der Waals surface area contributed by atoms with Crippen molar-refractivity contribution >= 4 is 15.5 Å². The zero-order valence-electron chi connectivity index (χ0n) is 21.8. The molecule has 0 saturated heterocycles. The lowest BCUT2D eigenvalue weighted by molar-refractivity contribution is -0.136. The third-order valence-electron chi connectivity index (χ3n) is 7.53. The zero-order chi connectivity index (χ0) is 28.1. The highest BCUT2D eigenvalue weighted by molar-refractivity contribution is 7.89. The van der Waals surface area contributed by atoms with Gasteiger partial charge in [-0.15, -0.1) is 10.2 Å². The molecule has 1 atom stereocenters. The van der Waals surface area contributed by atoms with Gasteiger partial charge in [0, 0.05) is 39.0 Å². The van der Waals surface area contributed by atoms with Crippen molar-refractivity contribution in [2.45, 2.75) is 44.8 Å². The van der Waals surface area contributed by atoms with Crippen LogP contribution in [0.1, 0.15) is 54.6 Å². The fraction of sp³-hybridized carbons (Fsp3) is 0.423. The van der Waals surface area contributed by atoms with E-state index in [0.29, 0.717) is 11.6 Å². The van der Waals surface area contributed by atoms with E-state index in [-0.39, 0.29) is 29.3 Å². The topological polar surface area (TPSA) is 94.5 Å². The van der Waals surface area contributed by atoms with Gasteiger partial charge in [0.25, 0.3) is 0 Å². The average molecular weight is 563 g/mol. The predicted octanol–water partition coefficient (Wildman–Crippen LogP) is 3.95. The van der Waals surface area contributed by atoms with E-state index in [1.54, 1.807) is 18.5 Å². The van der Waals surface area contributed by atoms with Crippen LogP contribution in [0.3, 0.4) is 0 Å². The molecule has 1 aliphatic rings. The van der Waals surface area contributed by atoms with E-state index >= 15 is 0 Å². The van der Waals surface area contributed by atoms with Crippen LogP contribution in [-0.4, -0.2) is 49.3 Å². The van der Waals surface area contributed by atoms with Crippen LogP contribution in [0, 0.1) is 5.92 Å². The van der Waals surface area contributed by atoms with Crippen molar-refractivity contribution in [2.75, 3.05) is 12.8 Å². The third kappa shape index (κ3) is 5.00. The molecule has 4 aromatic rings. The van der Waals surface area contributed by atoms with Gasteiger partial charge in [-0.2, -0.15) is 13.2 Å². The molecule has 0 bridgehead atoms. The highest BCUT2D eigenvalue weighted by atomic mass is 32.2. The molecule has 1 aliphatic carbocycles. The van der Waals surface area contributed by atoms with Gasteiger partial charge >= 0.3 is 11.9 Å². The number of halogens is 3. The quantitative estimate of drug-likeness (QED) is 0.324. The SMILES string of the molecule is CCS(=O)(=O)N(C)Cc1cc(C(F)(F)F)c2cn(-c3cccc([C@H](c4nncn4C)C4CCC4)c3)c(=O)n2c1. The molecule has 5 rings (SSSR count). The van der Waals surface area contributed by atoms with Crippen molar-refractivity contribution in [3.8, 4) is 5.69 Å². The van der Waals surface area contributed by atoms with Crippen LogP contribution in [0.5, 0.6) is 0 Å². The van der Waals surface area contributed by atoms with Crippen LogP contribution in [0.2, 0.25) is 0 Å². The molecule has 9 nitrogen and oxygen atoms in total. The van der Waals surface area contributed by atoms with E-state index in [1.165, 1.54) is 30.9 Å². The number of fused-ring (bicyclic) bond motifs is 1. The Hall–Kier alpha value is -3.45. The summed E-state index contributed by atoms with van der Waals surface area (Å²) in [6.07, 6.45) is 2.49. The lowest BCUT2D eigenvalue weighted by Crippen LogP contribution is -2.28. The number of nitrogens with zero attached hydrogens (tertiary/aromatic N) is 6. The van der Waals surface area contributed by atoms with E-state index in [4.69, 9.17) is 0 Å². The minimum atomic E-state index is -4.76. The van der Waals surface area contributed by atoms with Crippen molar-refractivity contribution in [3.05, 3.63) is 82.1 Å². The highest BCUT2D eigenvalue weighted by Gasteiger charge is 2.35. The van der Waals surface area contributed by atoms with Crippen LogP contribution in [0.15, 0.2) is 53.8 Å².